The molecule has 2 aliphatic heterocycles. The highest BCUT2D eigenvalue weighted by Gasteiger charge is 2.36. The summed E-state index contributed by atoms with van der Waals surface area (Å²) in [6.07, 6.45) is 2.98. The van der Waals surface area contributed by atoms with Crippen LogP contribution in [0.1, 0.15) is 30.7 Å². The maximum Gasteiger partial charge on any atom is 0.229 e. The van der Waals surface area contributed by atoms with Crippen LogP contribution in [0.4, 0.5) is 0 Å². The highest BCUT2D eigenvalue weighted by atomic mass is 16.7. The molecule has 0 aliphatic carbocycles. The van der Waals surface area contributed by atoms with Gasteiger partial charge in [0, 0.05) is 12.1 Å². The van der Waals surface area contributed by atoms with Crippen LogP contribution in [0.5, 0.6) is 0 Å². The number of amides is 1. The van der Waals surface area contributed by atoms with Gasteiger partial charge >= 0.3 is 0 Å². The van der Waals surface area contributed by atoms with Crippen LogP contribution in [0.3, 0.4) is 0 Å². The first-order valence-electron chi connectivity index (χ1n) is 9.27. The fourth-order valence-corrected chi connectivity index (χ4v) is 3.69. The number of rotatable bonds is 4. The molecule has 0 N–H and O–H groups in total. The Morgan fingerprint density at radius 1 is 1.19 bits per heavy atom. The highest BCUT2D eigenvalue weighted by molar-refractivity contribution is 5.79. The van der Waals surface area contributed by atoms with E-state index in [9.17, 15) is 4.79 Å². The molecule has 2 fully saturated rings. The van der Waals surface area contributed by atoms with Crippen LogP contribution in [-0.4, -0.2) is 47.9 Å². The minimum atomic E-state index is -0.294. The summed E-state index contributed by atoms with van der Waals surface area (Å²) in [6.45, 7) is 3.81. The Balaban J connectivity index is 1.49. The van der Waals surface area contributed by atoms with Gasteiger partial charge in [-0.1, -0.05) is 18.2 Å². The minimum Gasteiger partial charge on any atom is -0.441 e. The number of oxazole rings is 1. The second kappa shape index (κ2) is 7.60. The van der Waals surface area contributed by atoms with Gasteiger partial charge in [-0.2, -0.15) is 0 Å². The molecule has 4 rings (SSSR count). The molecule has 1 amide bonds. The Kier molecular flexibility index (Phi) is 5.04. The number of likely N-dealkylation sites (tertiary alicyclic amines) is 1. The van der Waals surface area contributed by atoms with Crippen molar-refractivity contribution in [3.05, 3.63) is 41.8 Å². The van der Waals surface area contributed by atoms with E-state index in [1.165, 1.54) is 0 Å². The van der Waals surface area contributed by atoms with Crippen molar-refractivity contribution < 1.29 is 18.7 Å². The number of carbonyl (C=O) groups is 1. The van der Waals surface area contributed by atoms with Gasteiger partial charge < -0.3 is 18.8 Å². The number of hydrogen-bond donors (Lipinski definition) is 0. The van der Waals surface area contributed by atoms with E-state index in [0.29, 0.717) is 30.6 Å². The molecule has 0 spiro atoms. The third-order valence-corrected chi connectivity index (χ3v) is 5.06. The summed E-state index contributed by atoms with van der Waals surface area (Å²) in [5.74, 6) is 1.31. The monoisotopic (exact) mass is 356 g/mol. The largest absolute Gasteiger partial charge is 0.441 e. The zero-order valence-electron chi connectivity index (χ0n) is 15.0. The fraction of sp³-hybridized carbons (Fsp3) is 0.500. The lowest BCUT2D eigenvalue weighted by Crippen LogP contribution is -2.50. The molecule has 138 valence electrons. The average molecular weight is 356 g/mol. The molecule has 1 unspecified atom stereocenters. The highest BCUT2D eigenvalue weighted by Crippen LogP contribution is 2.26. The van der Waals surface area contributed by atoms with Crippen molar-refractivity contribution in [2.75, 3.05) is 19.8 Å². The summed E-state index contributed by atoms with van der Waals surface area (Å²) in [4.78, 5) is 19.4. The fourth-order valence-electron chi connectivity index (χ4n) is 3.69. The number of benzene rings is 1. The van der Waals surface area contributed by atoms with Crippen LogP contribution in [0.15, 0.2) is 34.7 Å². The standard InChI is InChI=1S/C20H24N2O4/c1-14-16(21-19(26-14)15-7-3-2-4-8-15)13-18(23)22-10-6-5-9-17(22)20-24-11-12-25-20/h2-4,7-8,17,20H,5-6,9-13H2,1H3. The van der Waals surface area contributed by atoms with Gasteiger partial charge in [0.05, 0.1) is 31.4 Å². The average Bonchev–Trinajstić information content (AvgIpc) is 3.33. The van der Waals surface area contributed by atoms with Gasteiger partial charge in [0.25, 0.3) is 0 Å². The van der Waals surface area contributed by atoms with Crippen LogP contribution in [0.25, 0.3) is 11.5 Å². The number of aromatic nitrogens is 1. The first kappa shape index (κ1) is 17.2. The van der Waals surface area contributed by atoms with E-state index in [1.807, 2.05) is 42.2 Å². The number of carbonyl (C=O) groups excluding carboxylic acids is 1. The molecule has 0 bridgehead atoms. The van der Waals surface area contributed by atoms with E-state index in [-0.39, 0.29) is 24.7 Å². The van der Waals surface area contributed by atoms with Crippen molar-refractivity contribution in [2.24, 2.45) is 0 Å². The Morgan fingerprint density at radius 3 is 2.73 bits per heavy atom. The van der Waals surface area contributed by atoms with Crippen molar-refractivity contribution in [3.8, 4) is 11.5 Å². The molecule has 1 aromatic heterocycles. The van der Waals surface area contributed by atoms with Crippen molar-refractivity contribution in [2.45, 2.75) is 44.9 Å². The van der Waals surface area contributed by atoms with Gasteiger partial charge in [0.1, 0.15) is 5.76 Å². The number of nitrogens with zero attached hydrogens (tertiary/aromatic N) is 2. The molecule has 2 aromatic rings. The topological polar surface area (TPSA) is 64.8 Å². The molecule has 0 radical (unpaired) electrons. The van der Waals surface area contributed by atoms with Gasteiger partial charge in [-0.25, -0.2) is 4.98 Å². The van der Waals surface area contributed by atoms with E-state index in [0.717, 1.165) is 31.4 Å². The maximum absolute atomic E-state index is 13.0. The predicted octanol–water partition coefficient (Wildman–Crippen LogP) is 2.95. The lowest BCUT2D eigenvalue weighted by Gasteiger charge is -2.38. The molecular weight excluding hydrogens is 332 g/mol. The van der Waals surface area contributed by atoms with Crippen LogP contribution >= 0.6 is 0 Å². The molecule has 6 nitrogen and oxygen atoms in total. The summed E-state index contributed by atoms with van der Waals surface area (Å²) in [5.41, 5.74) is 1.62. The van der Waals surface area contributed by atoms with Crippen LogP contribution in [0, 0.1) is 6.92 Å². The van der Waals surface area contributed by atoms with Gasteiger partial charge in [-0.3, -0.25) is 4.79 Å². The van der Waals surface area contributed by atoms with Gasteiger partial charge in [0.2, 0.25) is 11.8 Å². The molecule has 0 saturated carbocycles. The van der Waals surface area contributed by atoms with Gasteiger partial charge in [-0.15, -0.1) is 0 Å². The van der Waals surface area contributed by atoms with Crippen molar-refractivity contribution in [1.82, 2.24) is 9.88 Å². The quantitative estimate of drug-likeness (QED) is 0.843. The van der Waals surface area contributed by atoms with Crippen molar-refractivity contribution in [1.29, 1.82) is 0 Å². The number of piperidine rings is 1. The Hall–Kier alpha value is -2.18. The van der Waals surface area contributed by atoms with Crippen LogP contribution in [-0.2, 0) is 20.7 Å². The molecule has 6 heteroatoms. The summed E-state index contributed by atoms with van der Waals surface area (Å²) < 4.78 is 17.1. The van der Waals surface area contributed by atoms with E-state index in [4.69, 9.17) is 13.9 Å². The van der Waals surface area contributed by atoms with Crippen LogP contribution < -0.4 is 0 Å². The Bertz CT molecular complexity index is 752. The predicted molar refractivity (Wildman–Crippen MR) is 95.4 cm³/mol. The maximum atomic E-state index is 13.0. The van der Waals surface area contributed by atoms with E-state index < -0.39 is 0 Å². The lowest BCUT2D eigenvalue weighted by molar-refractivity contribution is -0.150. The summed E-state index contributed by atoms with van der Waals surface area (Å²) in [7, 11) is 0. The summed E-state index contributed by atoms with van der Waals surface area (Å²) in [5, 5.41) is 0. The molecule has 26 heavy (non-hydrogen) atoms. The smallest absolute Gasteiger partial charge is 0.229 e. The minimum absolute atomic E-state index is 0.000416. The SMILES string of the molecule is Cc1oc(-c2ccccc2)nc1CC(=O)N1CCCCC1C1OCCO1. The number of ether oxygens (including phenoxy) is 2. The zero-order chi connectivity index (χ0) is 17.9. The molecule has 2 aliphatic rings. The number of hydrogen-bond acceptors (Lipinski definition) is 5. The molecule has 2 saturated heterocycles. The second-order valence-corrected chi connectivity index (χ2v) is 6.82. The summed E-state index contributed by atoms with van der Waals surface area (Å²) in [6, 6.07) is 9.74. The molecule has 1 aromatic carbocycles. The van der Waals surface area contributed by atoms with Crippen molar-refractivity contribution in [3.63, 3.8) is 0 Å². The van der Waals surface area contributed by atoms with E-state index in [1.54, 1.807) is 0 Å². The Labute approximate surface area is 153 Å². The van der Waals surface area contributed by atoms with E-state index >= 15 is 0 Å². The van der Waals surface area contributed by atoms with E-state index in [2.05, 4.69) is 4.98 Å². The second-order valence-electron chi connectivity index (χ2n) is 6.82. The van der Waals surface area contributed by atoms with Crippen molar-refractivity contribution >= 4 is 5.91 Å². The molecule has 3 heterocycles. The summed E-state index contributed by atoms with van der Waals surface area (Å²) >= 11 is 0. The first-order chi connectivity index (χ1) is 12.7. The van der Waals surface area contributed by atoms with Gasteiger partial charge in [-0.05, 0) is 38.3 Å². The first-order valence-corrected chi connectivity index (χ1v) is 9.27. The lowest BCUT2D eigenvalue weighted by atomic mass is 10.0. The normalized spacial score (nSPS) is 21.3. The zero-order valence-corrected chi connectivity index (χ0v) is 15.0. The third-order valence-electron chi connectivity index (χ3n) is 5.06. The Morgan fingerprint density at radius 2 is 1.96 bits per heavy atom. The third kappa shape index (κ3) is 3.52. The van der Waals surface area contributed by atoms with Crippen LogP contribution in [0.2, 0.25) is 0 Å². The molecule has 1 atom stereocenters. The number of aryl methyl sites for hydroxylation is 1. The molecular formula is C20H24N2O4. The van der Waals surface area contributed by atoms with Gasteiger partial charge in [0.15, 0.2) is 6.29 Å².